The van der Waals surface area contributed by atoms with Gasteiger partial charge in [0.25, 0.3) is 0 Å². The number of ketones is 1. The van der Waals surface area contributed by atoms with Crippen LogP contribution in [0.3, 0.4) is 0 Å². The van der Waals surface area contributed by atoms with Crippen LogP contribution in [0.5, 0.6) is 0 Å². The van der Waals surface area contributed by atoms with Crippen LogP contribution in [0.4, 0.5) is 0 Å². The summed E-state index contributed by atoms with van der Waals surface area (Å²) in [6.45, 7) is 1.99. The number of carbonyl (C=O) groups excluding carboxylic acids is 1. The second-order valence-corrected chi connectivity index (χ2v) is 2.67. The van der Waals surface area contributed by atoms with Crippen LogP contribution < -0.4 is 5.73 Å². The zero-order valence-electron chi connectivity index (χ0n) is 7.02. The number of nitrogens with one attached hydrogen (secondary N) is 1. The van der Waals surface area contributed by atoms with E-state index in [1.165, 1.54) is 0 Å². The Bertz CT molecular complexity index is 143. The van der Waals surface area contributed by atoms with Crippen LogP contribution in [0.25, 0.3) is 0 Å². The molecule has 0 aromatic rings. The molecule has 64 valence electrons. The summed E-state index contributed by atoms with van der Waals surface area (Å²) in [6, 6.07) is 0. The highest BCUT2D eigenvalue weighted by molar-refractivity contribution is 5.80. The third kappa shape index (κ3) is 7.03. The quantitative estimate of drug-likeness (QED) is 0.451. The number of rotatable bonds is 6. The van der Waals surface area contributed by atoms with E-state index in [4.69, 9.17) is 11.1 Å². The monoisotopic (exact) mass is 156 g/mol. The summed E-state index contributed by atoms with van der Waals surface area (Å²) >= 11 is 0. The average molecular weight is 156 g/mol. The zero-order chi connectivity index (χ0) is 8.69. The van der Waals surface area contributed by atoms with Crippen LogP contribution >= 0.6 is 0 Å². The fourth-order valence-corrected chi connectivity index (χ4v) is 0.880. The Kier molecular flexibility index (Phi) is 5.43. The first-order valence-corrected chi connectivity index (χ1v) is 4.01. The first kappa shape index (κ1) is 10.1. The molecular formula is C8H16N2O. The fourth-order valence-electron chi connectivity index (χ4n) is 0.880. The minimum absolute atomic E-state index is 0.175. The van der Waals surface area contributed by atoms with Crippen LogP contribution in [0.1, 0.15) is 39.0 Å². The number of hydrogen-bond acceptors (Lipinski definition) is 2. The van der Waals surface area contributed by atoms with Crippen molar-refractivity contribution in [2.75, 3.05) is 0 Å². The molecule has 0 atom stereocenters. The number of amidine groups is 1. The van der Waals surface area contributed by atoms with Gasteiger partial charge in [-0.3, -0.25) is 10.2 Å². The normalized spacial score (nSPS) is 9.55. The molecule has 0 rings (SSSR count). The van der Waals surface area contributed by atoms with Crippen molar-refractivity contribution in [3.05, 3.63) is 0 Å². The van der Waals surface area contributed by atoms with E-state index in [9.17, 15) is 4.79 Å². The third-order valence-corrected chi connectivity index (χ3v) is 1.43. The molecule has 3 heteroatoms. The van der Waals surface area contributed by atoms with Crippen LogP contribution in [0.15, 0.2) is 0 Å². The van der Waals surface area contributed by atoms with Crippen molar-refractivity contribution in [2.45, 2.75) is 39.0 Å². The SMILES string of the molecule is CCCC(=O)CCCC(=N)N. The van der Waals surface area contributed by atoms with E-state index in [-0.39, 0.29) is 11.6 Å². The van der Waals surface area contributed by atoms with Gasteiger partial charge in [-0.15, -0.1) is 0 Å². The highest BCUT2D eigenvalue weighted by atomic mass is 16.1. The van der Waals surface area contributed by atoms with Gasteiger partial charge in [-0.1, -0.05) is 6.92 Å². The molecule has 0 aliphatic heterocycles. The van der Waals surface area contributed by atoms with Gasteiger partial charge in [0.1, 0.15) is 5.78 Å². The van der Waals surface area contributed by atoms with E-state index in [1.807, 2.05) is 6.92 Å². The molecule has 0 saturated carbocycles. The molecule has 0 radical (unpaired) electrons. The van der Waals surface area contributed by atoms with Gasteiger partial charge in [0.2, 0.25) is 0 Å². The third-order valence-electron chi connectivity index (χ3n) is 1.43. The van der Waals surface area contributed by atoms with Crippen molar-refractivity contribution in [1.82, 2.24) is 0 Å². The Balaban J connectivity index is 3.24. The lowest BCUT2D eigenvalue weighted by Crippen LogP contribution is -2.09. The maximum atomic E-state index is 10.9. The van der Waals surface area contributed by atoms with Crippen LogP contribution in [-0.4, -0.2) is 11.6 Å². The number of hydrogen-bond donors (Lipinski definition) is 2. The fraction of sp³-hybridized carbons (Fsp3) is 0.750. The van der Waals surface area contributed by atoms with Crippen LogP contribution in [0.2, 0.25) is 0 Å². The van der Waals surface area contributed by atoms with Gasteiger partial charge in [0.05, 0.1) is 5.84 Å². The van der Waals surface area contributed by atoms with Crippen molar-refractivity contribution in [3.63, 3.8) is 0 Å². The Hall–Kier alpha value is -0.860. The molecule has 0 aromatic carbocycles. The molecule has 0 spiro atoms. The summed E-state index contributed by atoms with van der Waals surface area (Å²) in [5.41, 5.74) is 5.12. The molecule has 0 aromatic heterocycles. The first-order chi connectivity index (χ1) is 5.16. The second-order valence-electron chi connectivity index (χ2n) is 2.67. The zero-order valence-corrected chi connectivity index (χ0v) is 7.02. The van der Waals surface area contributed by atoms with E-state index in [0.29, 0.717) is 19.3 Å². The largest absolute Gasteiger partial charge is 0.388 e. The van der Waals surface area contributed by atoms with Crippen molar-refractivity contribution < 1.29 is 4.79 Å². The van der Waals surface area contributed by atoms with Gasteiger partial charge in [0, 0.05) is 19.3 Å². The number of Topliss-reactive ketones (excluding diaryl/α,β-unsaturated/α-hetero) is 1. The number of carbonyl (C=O) groups is 1. The van der Waals surface area contributed by atoms with Gasteiger partial charge >= 0.3 is 0 Å². The topological polar surface area (TPSA) is 66.9 Å². The second kappa shape index (κ2) is 5.89. The van der Waals surface area contributed by atoms with E-state index in [2.05, 4.69) is 0 Å². The highest BCUT2D eigenvalue weighted by Gasteiger charge is 1.99. The van der Waals surface area contributed by atoms with Crippen LogP contribution in [-0.2, 0) is 4.79 Å². The molecule has 3 nitrogen and oxygen atoms in total. The van der Waals surface area contributed by atoms with E-state index in [1.54, 1.807) is 0 Å². The lowest BCUT2D eigenvalue weighted by molar-refractivity contribution is -0.119. The standard InChI is InChI=1S/C8H16N2O/c1-2-4-7(11)5-3-6-8(9)10/h2-6H2,1H3,(H3,9,10). The predicted molar refractivity (Wildman–Crippen MR) is 45.7 cm³/mol. The Labute approximate surface area is 67.5 Å². The molecule has 0 aliphatic rings. The summed E-state index contributed by atoms with van der Waals surface area (Å²) in [5.74, 6) is 0.461. The van der Waals surface area contributed by atoms with Gasteiger partial charge < -0.3 is 5.73 Å². The minimum Gasteiger partial charge on any atom is -0.388 e. The molecule has 0 amide bonds. The molecule has 0 saturated heterocycles. The minimum atomic E-state index is 0.175. The smallest absolute Gasteiger partial charge is 0.132 e. The molecular weight excluding hydrogens is 140 g/mol. The molecule has 0 heterocycles. The van der Waals surface area contributed by atoms with Crippen LogP contribution in [0, 0.1) is 5.41 Å². The lowest BCUT2D eigenvalue weighted by atomic mass is 10.1. The van der Waals surface area contributed by atoms with E-state index in [0.717, 1.165) is 12.8 Å². The summed E-state index contributed by atoms with van der Waals surface area (Å²) < 4.78 is 0. The molecule has 3 N–H and O–H groups in total. The number of nitrogens with two attached hydrogens (primary N) is 1. The summed E-state index contributed by atoms with van der Waals surface area (Å²) in [7, 11) is 0. The van der Waals surface area contributed by atoms with Crippen molar-refractivity contribution in [2.24, 2.45) is 5.73 Å². The predicted octanol–water partition coefficient (Wildman–Crippen LogP) is 1.46. The Morgan fingerprint density at radius 1 is 1.36 bits per heavy atom. The lowest BCUT2D eigenvalue weighted by Gasteiger charge is -1.97. The molecule has 0 aliphatic carbocycles. The van der Waals surface area contributed by atoms with Crippen molar-refractivity contribution in [1.29, 1.82) is 5.41 Å². The summed E-state index contributed by atoms with van der Waals surface area (Å²) in [4.78, 5) is 10.9. The Morgan fingerprint density at radius 3 is 2.45 bits per heavy atom. The average Bonchev–Trinajstić information content (AvgIpc) is 1.87. The van der Waals surface area contributed by atoms with Gasteiger partial charge in [-0.2, -0.15) is 0 Å². The maximum absolute atomic E-state index is 10.9. The van der Waals surface area contributed by atoms with Crippen molar-refractivity contribution in [3.8, 4) is 0 Å². The molecule has 11 heavy (non-hydrogen) atoms. The Morgan fingerprint density at radius 2 is 2.00 bits per heavy atom. The molecule has 0 bridgehead atoms. The summed E-state index contributed by atoms with van der Waals surface area (Å²) in [6.07, 6.45) is 3.44. The maximum Gasteiger partial charge on any atom is 0.132 e. The van der Waals surface area contributed by atoms with Gasteiger partial charge in [0.15, 0.2) is 0 Å². The molecule has 0 fully saturated rings. The first-order valence-electron chi connectivity index (χ1n) is 4.01. The molecule has 0 unspecified atom stereocenters. The van der Waals surface area contributed by atoms with E-state index >= 15 is 0 Å². The summed E-state index contributed by atoms with van der Waals surface area (Å²) in [5, 5.41) is 6.91. The van der Waals surface area contributed by atoms with Crippen molar-refractivity contribution >= 4 is 11.6 Å². The van der Waals surface area contributed by atoms with E-state index < -0.39 is 0 Å². The van der Waals surface area contributed by atoms with Gasteiger partial charge in [-0.05, 0) is 12.8 Å². The van der Waals surface area contributed by atoms with Gasteiger partial charge in [-0.25, -0.2) is 0 Å². The highest BCUT2D eigenvalue weighted by Crippen LogP contribution is 2.00.